The first-order valence-corrected chi connectivity index (χ1v) is 11.7. The number of hydrogen-bond acceptors (Lipinski definition) is 3. The minimum Gasteiger partial charge on any atom is -0.378 e. The fourth-order valence-corrected chi connectivity index (χ4v) is 5.91. The zero-order valence-electron chi connectivity index (χ0n) is 19.2. The van der Waals surface area contributed by atoms with Crippen LogP contribution in [0.3, 0.4) is 0 Å². The number of aromatic amines is 1. The molecule has 0 saturated heterocycles. The van der Waals surface area contributed by atoms with Gasteiger partial charge in [0.25, 0.3) is 0 Å². The Hall–Kier alpha value is -2.40. The number of aromatic nitrogens is 3. The summed E-state index contributed by atoms with van der Waals surface area (Å²) in [5, 5.41) is 0. The minimum atomic E-state index is -0.129. The van der Waals surface area contributed by atoms with Crippen LogP contribution >= 0.6 is 0 Å². The second-order valence-corrected chi connectivity index (χ2v) is 9.80. The van der Waals surface area contributed by atoms with E-state index in [2.05, 4.69) is 43.7 Å². The van der Waals surface area contributed by atoms with Crippen molar-refractivity contribution in [1.82, 2.24) is 14.5 Å². The molecule has 3 aromatic rings. The third-order valence-electron chi connectivity index (χ3n) is 7.17. The number of imidazole rings is 1. The molecular formula is C26H35N3O2. The summed E-state index contributed by atoms with van der Waals surface area (Å²) in [4.78, 5) is 19.8. The fraction of sp³-hybridized carbons (Fsp3) is 0.538. The van der Waals surface area contributed by atoms with Crippen molar-refractivity contribution < 1.29 is 4.74 Å². The molecule has 1 aromatic carbocycles. The van der Waals surface area contributed by atoms with Gasteiger partial charge in [0.05, 0.1) is 29.0 Å². The number of pyridine rings is 1. The molecule has 0 bridgehead atoms. The number of fused-ring (bicyclic) bond motifs is 1. The molecule has 0 aliphatic heterocycles. The van der Waals surface area contributed by atoms with Gasteiger partial charge in [0.15, 0.2) is 0 Å². The SMILES string of the molecule is CCC1C(C)CC(OCCCc2cccc3c2[nH]c(=O)n3-c2cccnc2)CC1(C)C. The Morgan fingerprint density at radius 2 is 2.10 bits per heavy atom. The standard InChI is InChI=1S/C26H35N3O2/c1-5-22-18(2)15-21(16-26(22,3)4)31-14-8-10-19-9-6-12-23-24(19)28-25(30)29(23)20-11-7-13-27-17-20/h6-7,9,11-13,17-18,21-22H,5,8,10,14-16H2,1-4H3,(H,28,30). The second kappa shape index (κ2) is 8.99. The van der Waals surface area contributed by atoms with Crippen LogP contribution in [-0.4, -0.2) is 27.2 Å². The fourth-order valence-electron chi connectivity index (χ4n) is 5.91. The van der Waals surface area contributed by atoms with Crippen molar-refractivity contribution >= 4 is 11.0 Å². The lowest BCUT2D eigenvalue weighted by Crippen LogP contribution is -2.40. The van der Waals surface area contributed by atoms with Crippen LogP contribution in [0.25, 0.3) is 16.7 Å². The maximum atomic E-state index is 12.6. The Kier molecular flexibility index (Phi) is 6.33. The molecule has 0 radical (unpaired) electrons. The molecule has 1 aliphatic carbocycles. The zero-order chi connectivity index (χ0) is 22.0. The Morgan fingerprint density at radius 3 is 2.81 bits per heavy atom. The van der Waals surface area contributed by atoms with Gasteiger partial charge >= 0.3 is 5.69 Å². The molecule has 5 nitrogen and oxygen atoms in total. The second-order valence-electron chi connectivity index (χ2n) is 9.80. The molecule has 1 aliphatic rings. The lowest BCUT2D eigenvalue weighted by Gasteiger charge is -2.46. The normalized spacial score (nSPS) is 23.3. The van der Waals surface area contributed by atoms with E-state index < -0.39 is 0 Å². The molecule has 3 unspecified atom stereocenters. The van der Waals surface area contributed by atoms with Crippen molar-refractivity contribution in [3.63, 3.8) is 0 Å². The van der Waals surface area contributed by atoms with Gasteiger partial charge in [-0.25, -0.2) is 4.79 Å². The molecule has 4 rings (SSSR count). The van der Waals surface area contributed by atoms with Crippen LogP contribution in [0.2, 0.25) is 0 Å². The quantitative estimate of drug-likeness (QED) is 0.512. The van der Waals surface area contributed by atoms with Crippen LogP contribution in [0, 0.1) is 17.3 Å². The molecule has 0 amide bonds. The first-order chi connectivity index (χ1) is 14.9. The van der Waals surface area contributed by atoms with Gasteiger partial charge in [0.1, 0.15) is 0 Å². The minimum absolute atomic E-state index is 0.129. The average molecular weight is 422 g/mol. The van der Waals surface area contributed by atoms with E-state index in [0.717, 1.165) is 54.1 Å². The highest BCUT2D eigenvalue weighted by atomic mass is 16.5. The third-order valence-corrected chi connectivity index (χ3v) is 7.17. The average Bonchev–Trinajstić information content (AvgIpc) is 3.07. The summed E-state index contributed by atoms with van der Waals surface area (Å²) >= 11 is 0. The third kappa shape index (κ3) is 4.47. The summed E-state index contributed by atoms with van der Waals surface area (Å²) in [7, 11) is 0. The van der Waals surface area contributed by atoms with E-state index in [4.69, 9.17) is 4.74 Å². The maximum absolute atomic E-state index is 12.6. The molecule has 2 aromatic heterocycles. The lowest BCUT2D eigenvalue weighted by atomic mass is 9.62. The van der Waals surface area contributed by atoms with E-state index in [1.54, 1.807) is 17.0 Å². The van der Waals surface area contributed by atoms with Gasteiger partial charge in [-0.2, -0.15) is 0 Å². The summed E-state index contributed by atoms with van der Waals surface area (Å²) in [6.07, 6.45) is 9.17. The number of rotatable bonds is 7. The van der Waals surface area contributed by atoms with E-state index >= 15 is 0 Å². The Balaban J connectivity index is 1.41. The Labute approximate surface area is 184 Å². The summed E-state index contributed by atoms with van der Waals surface area (Å²) in [6, 6.07) is 9.85. The predicted molar refractivity (Wildman–Crippen MR) is 126 cm³/mol. The van der Waals surface area contributed by atoms with Crippen molar-refractivity contribution in [2.24, 2.45) is 17.3 Å². The molecule has 5 heteroatoms. The number of para-hydroxylation sites is 1. The van der Waals surface area contributed by atoms with Gasteiger partial charge in [-0.3, -0.25) is 9.55 Å². The molecule has 31 heavy (non-hydrogen) atoms. The van der Waals surface area contributed by atoms with Gasteiger partial charge in [-0.05, 0) is 66.7 Å². The number of aryl methyl sites for hydroxylation is 1. The Morgan fingerprint density at radius 1 is 1.26 bits per heavy atom. The van der Waals surface area contributed by atoms with Crippen molar-refractivity contribution in [3.05, 3.63) is 58.8 Å². The van der Waals surface area contributed by atoms with Crippen LogP contribution in [0.4, 0.5) is 0 Å². The largest absolute Gasteiger partial charge is 0.378 e. The summed E-state index contributed by atoms with van der Waals surface area (Å²) in [5.41, 5.74) is 3.95. The van der Waals surface area contributed by atoms with Gasteiger partial charge < -0.3 is 9.72 Å². The number of benzene rings is 1. The lowest BCUT2D eigenvalue weighted by molar-refractivity contribution is -0.0557. The monoisotopic (exact) mass is 421 g/mol. The van der Waals surface area contributed by atoms with Crippen LogP contribution in [0.15, 0.2) is 47.5 Å². The number of nitrogens with zero attached hydrogens (tertiary/aromatic N) is 2. The smallest absolute Gasteiger partial charge is 0.331 e. The highest BCUT2D eigenvalue weighted by Gasteiger charge is 2.40. The predicted octanol–water partition coefficient (Wildman–Crippen LogP) is 5.51. The number of ether oxygens (including phenoxy) is 1. The number of nitrogens with one attached hydrogen (secondary N) is 1. The molecule has 2 heterocycles. The highest BCUT2D eigenvalue weighted by molar-refractivity contribution is 5.80. The van der Waals surface area contributed by atoms with Crippen LogP contribution in [0.5, 0.6) is 0 Å². The van der Waals surface area contributed by atoms with Gasteiger partial charge in [-0.1, -0.05) is 46.2 Å². The van der Waals surface area contributed by atoms with Gasteiger partial charge in [-0.15, -0.1) is 0 Å². The van der Waals surface area contributed by atoms with Crippen LogP contribution < -0.4 is 5.69 Å². The number of H-pyrrole nitrogens is 1. The molecule has 1 N–H and O–H groups in total. The number of hydrogen-bond donors (Lipinski definition) is 1. The highest BCUT2D eigenvalue weighted by Crippen LogP contribution is 2.46. The molecule has 1 fully saturated rings. The summed E-state index contributed by atoms with van der Waals surface area (Å²) in [5.74, 6) is 1.50. The van der Waals surface area contributed by atoms with E-state index in [-0.39, 0.29) is 5.69 Å². The first-order valence-electron chi connectivity index (χ1n) is 11.7. The van der Waals surface area contributed by atoms with Crippen molar-refractivity contribution in [1.29, 1.82) is 0 Å². The summed E-state index contributed by atoms with van der Waals surface area (Å²) < 4.78 is 8.02. The van der Waals surface area contributed by atoms with Crippen molar-refractivity contribution in [3.8, 4) is 5.69 Å². The van der Waals surface area contributed by atoms with Crippen LogP contribution in [0.1, 0.15) is 58.9 Å². The maximum Gasteiger partial charge on any atom is 0.331 e. The topological polar surface area (TPSA) is 59.9 Å². The van der Waals surface area contributed by atoms with Crippen molar-refractivity contribution in [2.45, 2.75) is 65.9 Å². The van der Waals surface area contributed by atoms with E-state index in [1.807, 2.05) is 24.3 Å². The molecule has 1 saturated carbocycles. The van der Waals surface area contributed by atoms with Gasteiger partial charge in [0, 0.05) is 12.8 Å². The van der Waals surface area contributed by atoms with Crippen LogP contribution in [-0.2, 0) is 11.2 Å². The van der Waals surface area contributed by atoms with E-state index in [1.165, 1.54) is 12.8 Å². The van der Waals surface area contributed by atoms with E-state index in [0.29, 0.717) is 17.4 Å². The first kappa shape index (κ1) is 21.8. The van der Waals surface area contributed by atoms with Gasteiger partial charge in [0.2, 0.25) is 0 Å². The summed E-state index contributed by atoms with van der Waals surface area (Å²) in [6.45, 7) is 10.3. The van der Waals surface area contributed by atoms with E-state index in [9.17, 15) is 4.79 Å². The zero-order valence-corrected chi connectivity index (χ0v) is 19.2. The molecule has 166 valence electrons. The molecular weight excluding hydrogens is 386 g/mol. The van der Waals surface area contributed by atoms with Crippen molar-refractivity contribution in [2.75, 3.05) is 6.61 Å². The molecule has 0 spiro atoms. The Bertz CT molecular complexity index is 1070. The molecule has 3 atom stereocenters.